The number of aliphatic imine (C=N–C) groups is 1. The Labute approximate surface area is 140 Å². The van der Waals surface area contributed by atoms with Crippen molar-refractivity contribution in [3.05, 3.63) is 18.7 Å². The van der Waals surface area contributed by atoms with Gasteiger partial charge in [-0.2, -0.15) is 13.2 Å². The number of hydrogen-bond acceptors (Lipinski definition) is 3. The van der Waals surface area contributed by atoms with E-state index in [-0.39, 0.29) is 6.04 Å². The fraction of sp³-hybridized carbons (Fsp3) is 0.733. The number of halogens is 3. The standard InChI is InChI=1S/C15H25F3N6/c1-2-20-14(21-5-3-7-23-9-6-19-12-23)22-13-4-8-24(10-13)11-15(16,17)18/h6,9,12-13H,2-5,7-8,10-11H2,1H3,(H2,20,21,22). The molecule has 6 nitrogen and oxygen atoms in total. The van der Waals surface area contributed by atoms with Crippen molar-refractivity contribution in [2.24, 2.45) is 4.99 Å². The topological polar surface area (TPSA) is 57.5 Å². The van der Waals surface area contributed by atoms with Crippen LogP contribution in [0.4, 0.5) is 13.2 Å². The van der Waals surface area contributed by atoms with E-state index in [2.05, 4.69) is 20.6 Å². The molecular weight excluding hydrogens is 321 g/mol. The second-order valence-electron chi connectivity index (χ2n) is 5.89. The molecule has 1 unspecified atom stereocenters. The Hall–Kier alpha value is -1.77. The number of aryl methyl sites for hydroxylation is 1. The molecule has 1 fully saturated rings. The molecule has 1 aliphatic heterocycles. The van der Waals surface area contributed by atoms with E-state index in [9.17, 15) is 13.2 Å². The quantitative estimate of drug-likeness (QED) is 0.446. The Morgan fingerprint density at radius 3 is 2.92 bits per heavy atom. The minimum Gasteiger partial charge on any atom is -0.357 e. The van der Waals surface area contributed by atoms with Crippen LogP contribution >= 0.6 is 0 Å². The first-order valence-electron chi connectivity index (χ1n) is 8.26. The molecule has 1 atom stereocenters. The molecule has 9 heteroatoms. The average Bonchev–Trinajstić information content (AvgIpc) is 3.14. The molecular formula is C15H25F3N6. The van der Waals surface area contributed by atoms with E-state index in [1.54, 1.807) is 12.5 Å². The minimum absolute atomic E-state index is 0.00111. The maximum atomic E-state index is 12.4. The van der Waals surface area contributed by atoms with Crippen LogP contribution < -0.4 is 10.6 Å². The summed E-state index contributed by atoms with van der Waals surface area (Å²) in [6.07, 6.45) is 2.83. The predicted molar refractivity (Wildman–Crippen MR) is 86.9 cm³/mol. The van der Waals surface area contributed by atoms with E-state index >= 15 is 0 Å². The van der Waals surface area contributed by atoms with Crippen molar-refractivity contribution in [3.63, 3.8) is 0 Å². The summed E-state index contributed by atoms with van der Waals surface area (Å²) in [5.74, 6) is 0.669. The fourth-order valence-electron chi connectivity index (χ4n) is 2.72. The number of hydrogen-bond donors (Lipinski definition) is 2. The number of guanidine groups is 1. The fourth-order valence-corrected chi connectivity index (χ4v) is 2.72. The molecule has 0 amide bonds. The Balaban J connectivity index is 1.75. The van der Waals surface area contributed by atoms with Crippen LogP contribution in [0.1, 0.15) is 19.8 Å². The molecule has 0 bridgehead atoms. The molecule has 0 aromatic carbocycles. The summed E-state index contributed by atoms with van der Waals surface area (Å²) in [5, 5.41) is 6.38. The summed E-state index contributed by atoms with van der Waals surface area (Å²) in [6, 6.07) is -0.00111. The van der Waals surface area contributed by atoms with Gasteiger partial charge in [0.25, 0.3) is 0 Å². The van der Waals surface area contributed by atoms with Gasteiger partial charge in [-0.25, -0.2) is 4.98 Å². The van der Waals surface area contributed by atoms with E-state index in [0.717, 1.165) is 13.0 Å². The number of aromatic nitrogens is 2. The maximum Gasteiger partial charge on any atom is 0.401 e. The van der Waals surface area contributed by atoms with Gasteiger partial charge in [-0.05, 0) is 19.8 Å². The molecule has 1 aromatic rings. The molecule has 136 valence electrons. The van der Waals surface area contributed by atoms with Gasteiger partial charge in [0, 0.05) is 51.2 Å². The summed E-state index contributed by atoms with van der Waals surface area (Å²) in [7, 11) is 0. The monoisotopic (exact) mass is 346 g/mol. The summed E-state index contributed by atoms with van der Waals surface area (Å²) in [4.78, 5) is 9.91. The van der Waals surface area contributed by atoms with Crippen molar-refractivity contribution >= 4 is 5.96 Å². The Kier molecular flexibility index (Phi) is 6.89. The second kappa shape index (κ2) is 8.91. The highest BCUT2D eigenvalue weighted by Gasteiger charge is 2.34. The van der Waals surface area contributed by atoms with Crippen molar-refractivity contribution < 1.29 is 13.2 Å². The van der Waals surface area contributed by atoms with Crippen molar-refractivity contribution in [2.75, 3.05) is 32.7 Å². The van der Waals surface area contributed by atoms with Gasteiger partial charge in [0.05, 0.1) is 12.9 Å². The number of nitrogens with zero attached hydrogens (tertiary/aromatic N) is 4. The van der Waals surface area contributed by atoms with Crippen LogP contribution in [0, 0.1) is 0 Å². The SMILES string of the molecule is CCNC(=NCCCn1ccnc1)NC1CCN(CC(F)(F)F)C1. The Morgan fingerprint density at radius 1 is 1.42 bits per heavy atom. The average molecular weight is 346 g/mol. The van der Waals surface area contributed by atoms with E-state index < -0.39 is 12.7 Å². The number of imidazole rings is 1. The van der Waals surface area contributed by atoms with Gasteiger partial charge in [0.2, 0.25) is 0 Å². The molecule has 2 heterocycles. The van der Waals surface area contributed by atoms with Crippen LogP contribution in [-0.2, 0) is 6.54 Å². The van der Waals surface area contributed by atoms with Crippen LogP contribution in [0.5, 0.6) is 0 Å². The van der Waals surface area contributed by atoms with Crippen molar-refractivity contribution in [1.82, 2.24) is 25.1 Å². The molecule has 0 aliphatic carbocycles. The van der Waals surface area contributed by atoms with Gasteiger partial charge < -0.3 is 15.2 Å². The van der Waals surface area contributed by atoms with Crippen LogP contribution in [0.25, 0.3) is 0 Å². The Morgan fingerprint density at radius 2 is 2.25 bits per heavy atom. The molecule has 1 aromatic heterocycles. The lowest BCUT2D eigenvalue weighted by atomic mass is 10.3. The third kappa shape index (κ3) is 6.77. The first kappa shape index (κ1) is 18.6. The molecule has 1 saturated heterocycles. The zero-order valence-electron chi connectivity index (χ0n) is 13.9. The highest BCUT2D eigenvalue weighted by atomic mass is 19.4. The maximum absolute atomic E-state index is 12.4. The van der Waals surface area contributed by atoms with Crippen molar-refractivity contribution in [3.8, 4) is 0 Å². The third-order valence-corrected chi connectivity index (χ3v) is 3.76. The van der Waals surface area contributed by atoms with Gasteiger partial charge in [-0.3, -0.25) is 9.89 Å². The van der Waals surface area contributed by atoms with Gasteiger partial charge in [-0.15, -0.1) is 0 Å². The van der Waals surface area contributed by atoms with Crippen LogP contribution in [0.3, 0.4) is 0 Å². The Bertz CT molecular complexity index is 500. The predicted octanol–water partition coefficient (Wildman–Crippen LogP) is 1.46. The van der Waals surface area contributed by atoms with E-state index in [0.29, 0.717) is 38.6 Å². The lowest BCUT2D eigenvalue weighted by molar-refractivity contribution is -0.143. The van der Waals surface area contributed by atoms with Gasteiger partial charge in [0.1, 0.15) is 0 Å². The van der Waals surface area contributed by atoms with Crippen LogP contribution in [0.15, 0.2) is 23.7 Å². The largest absolute Gasteiger partial charge is 0.401 e. The van der Waals surface area contributed by atoms with Crippen molar-refractivity contribution in [2.45, 2.75) is 38.5 Å². The number of alkyl halides is 3. The molecule has 2 rings (SSSR count). The molecule has 1 aliphatic rings. The van der Waals surface area contributed by atoms with E-state index in [1.807, 2.05) is 17.7 Å². The summed E-state index contributed by atoms with van der Waals surface area (Å²) in [5.41, 5.74) is 0. The van der Waals surface area contributed by atoms with Gasteiger partial charge >= 0.3 is 6.18 Å². The molecule has 0 spiro atoms. The third-order valence-electron chi connectivity index (χ3n) is 3.76. The normalized spacial score (nSPS) is 19.7. The molecule has 24 heavy (non-hydrogen) atoms. The first-order valence-corrected chi connectivity index (χ1v) is 8.26. The zero-order valence-corrected chi connectivity index (χ0v) is 13.9. The highest BCUT2D eigenvalue weighted by Crippen LogP contribution is 2.19. The summed E-state index contributed by atoms with van der Waals surface area (Å²) >= 11 is 0. The lowest BCUT2D eigenvalue weighted by Crippen LogP contribution is -2.45. The number of nitrogens with one attached hydrogen (secondary N) is 2. The number of rotatable bonds is 7. The van der Waals surface area contributed by atoms with Crippen molar-refractivity contribution in [1.29, 1.82) is 0 Å². The highest BCUT2D eigenvalue weighted by molar-refractivity contribution is 5.80. The van der Waals surface area contributed by atoms with Crippen LogP contribution in [-0.4, -0.2) is 65.4 Å². The molecule has 0 radical (unpaired) electrons. The summed E-state index contributed by atoms with van der Waals surface area (Å²) < 4.78 is 39.3. The van der Waals surface area contributed by atoms with E-state index in [4.69, 9.17) is 0 Å². The smallest absolute Gasteiger partial charge is 0.357 e. The van der Waals surface area contributed by atoms with Crippen LogP contribution in [0.2, 0.25) is 0 Å². The lowest BCUT2D eigenvalue weighted by Gasteiger charge is -2.19. The van der Waals surface area contributed by atoms with Gasteiger partial charge in [0.15, 0.2) is 5.96 Å². The molecule has 0 saturated carbocycles. The second-order valence-corrected chi connectivity index (χ2v) is 5.89. The number of likely N-dealkylation sites (tertiary alicyclic amines) is 1. The zero-order chi connectivity index (χ0) is 17.4. The minimum atomic E-state index is -4.14. The summed E-state index contributed by atoms with van der Waals surface area (Å²) in [6.45, 7) is 4.16. The first-order chi connectivity index (χ1) is 11.5. The van der Waals surface area contributed by atoms with Gasteiger partial charge in [-0.1, -0.05) is 0 Å². The molecule has 2 N–H and O–H groups in total. The van der Waals surface area contributed by atoms with E-state index in [1.165, 1.54) is 4.90 Å².